The fourth-order valence-corrected chi connectivity index (χ4v) is 2.05. The van der Waals surface area contributed by atoms with Gasteiger partial charge in [0.15, 0.2) is 0 Å². The second-order valence-corrected chi connectivity index (χ2v) is 3.58. The van der Waals surface area contributed by atoms with Gasteiger partial charge < -0.3 is 11.5 Å². The van der Waals surface area contributed by atoms with E-state index in [-0.39, 0.29) is 6.04 Å². The Morgan fingerprint density at radius 1 is 1.42 bits per heavy atom. The second kappa shape index (κ2) is 2.64. The molecule has 1 atom stereocenters. The molecule has 64 valence electrons. The number of halogens is 1. The summed E-state index contributed by atoms with van der Waals surface area (Å²) in [4.78, 5) is 0. The van der Waals surface area contributed by atoms with Gasteiger partial charge in [0, 0.05) is 16.8 Å². The second-order valence-electron chi connectivity index (χ2n) is 3.17. The number of hydrogen-bond acceptors (Lipinski definition) is 2. The molecule has 0 saturated heterocycles. The van der Waals surface area contributed by atoms with E-state index in [0.717, 1.165) is 34.7 Å². The molecule has 0 radical (unpaired) electrons. The van der Waals surface area contributed by atoms with Gasteiger partial charge in [-0.25, -0.2) is 0 Å². The molecule has 0 unspecified atom stereocenters. The first kappa shape index (κ1) is 7.90. The Hall–Kier alpha value is -0.730. The Morgan fingerprint density at radius 3 is 2.83 bits per heavy atom. The molecular weight excluding hydrogens is 172 g/mol. The highest BCUT2D eigenvalue weighted by atomic mass is 35.5. The maximum Gasteiger partial charge on any atom is 0.0442 e. The topological polar surface area (TPSA) is 52.0 Å². The van der Waals surface area contributed by atoms with Gasteiger partial charge in [0.1, 0.15) is 0 Å². The van der Waals surface area contributed by atoms with Crippen LogP contribution >= 0.6 is 11.6 Å². The number of nitrogens with two attached hydrogens (primary N) is 2. The van der Waals surface area contributed by atoms with Crippen molar-refractivity contribution in [3.05, 3.63) is 28.3 Å². The van der Waals surface area contributed by atoms with Crippen LogP contribution in [0.5, 0.6) is 0 Å². The van der Waals surface area contributed by atoms with Crippen molar-refractivity contribution in [2.24, 2.45) is 5.73 Å². The van der Waals surface area contributed by atoms with Crippen molar-refractivity contribution < 1.29 is 0 Å². The van der Waals surface area contributed by atoms with Gasteiger partial charge in [-0.3, -0.25) is 0 Å². The van der Waals surface area contributed by atoms with E-state index in [1.165, 1.54) is 0 Å². The van der Waals surface area contributed by atoms with Crippen LogP contribution in [0.15, 0.2) is 12.1 Å². The third-order valence-corrected chi connectivity index (χ3v) is 2.76. The standard InChI is InChI=1S/C9H11ClN2/c10-6-2-4-8(12)9-5(6)1-3-7(9)11/h2,4,7H,1,3,11-12H2/t7-/m1/s1. The lowest BCUT2D eigenvalue weighted by molar-refractivity contribution is 0.715. The van der Waals surface area contributed by atoms with E-state index in [1.807, 2.05) is 12.1 Å². The fourth-order valence-electron chi connectivity index (χ4n) is 1.79. The molecule has 0 spiro atoms. The molecule has 1 aromatic rings. The van der Waals surface area contributed by atoms with E-state index in [4.69, 9.17) is 23.1 Å². The van der Waals surface area contributed by atoms with Crippen molar-refractivity contribution in [3.8, 4) is 0 Å². The first-order chi connectivity index (χ1) is 5.70. The molecule has 1 aromatic carbocycles. The summed E-state index contributed by atoms with van der Waals surface area (Å²) in [7, 11) is 0. The van der Waals surface area contributed by atoms with Crippen LogP contribution in [0, 0.1) is 0 Å². The summed E-state index contributed by atoms with van der Waals surface area (Å²) >= 11 is 6.00. The molecule has 1 aliphatic carbocycles. The minimum atomic E-state index is 0.0821. The Kier molecular flexibility index (Phi) is 1.74. The summed E-state index contributed by atoms with van der Waals surface area (Å²) in [5, 5.41) is 0.798. The average Bonchev–Trinajstić information content (AvgIpc) is 2.42. The molecule has 2 nitrogen and oxygen atoms in total. The van der Waals surface area contributed by atoms with Gasteiger partial charge >= 0.3 is 0 Å². The molecule has 0 fully saturated rings. The predicted octanol–water partition coefficient (Wildman–Crippen LogP) is 1.87. The Bertz CT molecular complexity index is 323. The van der Waals surface area contributed by atoms with Gasteiger partial charge in [0.05, 0.1) is 0 Å². The van der Waals surface area contributed by atoms with Crippen LogP contribution < -0.4 is 11.5 Å². The monoisotopic (exact) mass is 182 g/mol. The van der Waals surface area contributed by atoms with E-state index >= 15 is 0 Å². The van der Waals surface area contributed by atoms with Crippen LogP contribution in [0.3, 0.4) is 0 Å². The van der Waals surface area contributed by atoms with Gasteiger partial charge in [-0.15, -0.1) is 0 Å². The number of rotatable bonds is 0. The molecule has 0 amide bonds. The molecule has 0 aliphatic heterocycles. The minimum absolute atomic E-state index is 0.0821. The number of hydrogen-bond donors (Lipinski definition) is 2. The van der Waals surface area contributed by atoms with Gasteiger partial charge in [0.2, 0.25) is 0 Å². The van der Waals surface area contributed by atoms with Crippen molar-refractivity contribution >= 4 is 17.3 Å². The van der Waals surface area contributed by atoms with Gasteiger partial charge in [-0.2, -0.15) is 0 Å². The average molecular weight is 183 g/mol. The molecule has 0 heterocycles. The third kappa shape index (κ3) is 0.993. The lowest BCUT2D eigenvalue weighted by Gasteiger charge is -2.08. The van der Waals surface area contributed by atoms with E-state index in [1.54, 1.807) is 0 Å². The van der Waals surface area contributed by atoms with E-state index < -0.39 is 0 Å². The first-order valence-corrected chi connectivity index (χ1v) is 4.40. The number of nitrogen functional groups attached to an aromatic ring is 1. The number of fused-ring (bicyclic) bond motifs is 1. The molecule has 4 N–H and O–H groups in total. The van der Waals surface area contributed by atoms with Crippen LogP contribution in [0.4, 0.5) is 5.69 Å². The number of benzene rings is 1. The SMILES string of the molecule is Nc1ccc(Cl)c2c1[C@H](N)CC2. The smallest absolute Gasteiger partial charge is 0.0442 e. The molecule has 0 saturated carbocycles. The van der Waals surface area contributed by atoms with Crippen molar-refractivity contribution in [2.45, 2.75) is 18.9 Å². The van der Waals surface area contributed by atoms with Crippen LogP contribution in [0.2, 0.25) is 5.02 Å². The summed E-state index contributed by atoms with van der Waals surface area (Å²) in [5.74, 6) is 0. The predicted molar refractivity (Wildman–Crippen MR) is 51.1 cm³/mol. The highest BCUT2D eigenvalue weighted by Crippen LogP contribution is 2.37. The molecule has 3 heteroatoms. The van der Waals surface area contributed by atoms with Crippen molar-refractivity contribution in [3.63, 3.8) is 0 Å². The van der Waals surface area contributed by atoms with Gasteiger partial charge in [-0.1, -0.05) is 11.6 Å². The summed E-state index contributed by atoms with van der Waals surface area (Å²) in [6.07, 6.45) is 1.92. The lowest BCUT2D eigenvalue weighted by Crippen LogP contribution is -2.08. The van der Waals surface area contributed by atoms with Crippen LogP contribution in [-0.2, 0) is 6.42 Å². The number of anilines is 1. The van der Waals surface area contributed by atoms with Crippen molar-refractivity contribution in [1.82, 2.24) is 0 Å². The zero-order valence-corrected chi connectivity index (χ0v) is 7.43. The van der Waals surface area contributed by atoms with Crippen LogP contribution in [0.25, 0.3) is 0 Å². The maximum absolute atomic E-state index is 6.00. The van der Waals surface area contributed by atoms with Crippen LogP contribution in [-0.4, -0.2) is 0 Å². The Balaban J connectivity index is 2.64. The zero-order valence-electron chi connectivity index (χ0n) is 6.68. The Morgan fingerprint density at radius 2 is 2.17 bits per heavy atom. The van der Waals surface area contributed by atoms with E-state index in [0.29, 0.717) is 0 Å². The highest BCUT2D eigenvalue weighted by molar-refractivity contribution is 6.31. The normalized spacial score (nSPS) is 21.0. The summed E-state index contributed by atoms with van der Waals surface area (Å²) in [5.41, 5.74) is 14.6. The van der Waals surface area contributed by atoms with Crippen LogP contribution in [0.1, 0.15) is 23.6 Å². The Labute approximate surface area is 76.5 Å². The molecule has 1 aliphatic rings. The highest BCUT2D eigenvalue weighted by Gasteiger charge is 2.23. The quantitative estimate of drug-likeness (QED) is 0.602. The largest absolute Gasteiger partial charge is 0.398 e. The summed E-state index contributed by atoms with van der Waals surface area (Å²) in [6.45, 7) is 0. The molecule has 12 heavy (non-hydrogen) atoms. The van der Waals surface area contributed by atoms with E-state index in [2.05, 4.69) is 0 Å². The zero-order chi connectivity index (χ0) is 8.72. The molecule has 0 aromatic heterocycles. The summed E-state index contributed by atoms with van der Waals surface area (Å²) in [6, 6.07) is 3.75. The fraction of sp³-hybridized carbons (Fsp3) is 0.333. The summed E-state index contributed by atoms with van der Waals surface area (Å²) < 4.78 is 0. The van der Waals surface area contributed by atoms with Crippen molar-refractivity contribution in [2.75, 3.05) is 5.73 Å². The minimum Gasteiger partial charge on any atom is -0.398 e. The van der Waals surface area contributed by atoms with Crippen molar-refractivity contribution in [1.29, 1.82) is 0 Å². The molecule has 0 bridgehead atoms. The van der Waals surface area contributed by atoms with E-state index in [9.17, 15) is 0 Å². The lowest BCUT2D eigenvalue weighted by atomic mass is 10.1. The first-order valence-electron chi connectivity index (χ1n) is 4.02. The van der Waals surface area contributed by atoms with Gasteiger partial charge in [0.25, 0.3) is 0 Å². The molecular formula is C9H11ClN2. The van der Waals surface area contributed by atoms with Gasteiger partial charge in [-0.05, 0) is 36.1 Å². The third-order valence-electron chi connectivity index (χ3n) is 2.41. The maximum atomic E-state index is 6.00. The molecule has 2 rings (SSSR count).